The van der Waals surface area contributed by atoms with Crippen LogP contribution in [-0.4, -0.2) is 24.1 Å². The van der Waals surface area contributed by atoms with Crippen molar-refractivity contribution in [1.29, 1.82) is 0 Å². The van der Waals surface area contributed by atoms with Crippen molar-refractivity contribution >= 4 is 27.5 Å². The van der Waals surface area contributed by atoms with Crippen molar-refractivity contribution in [2.45, 2.75) is 0 Å². The minimum absolute atomic E-state index is 0.131. The summed E-state index contributed by atoms with van der Waals surface area (Å²) in [5, 5.41) is 6.75. The summed E-state index contributed by atoms with van der Waals surface area (Å²) in [7, 11) is 0. The second kappa shape index (κ2) is 4.73. The fraction of sp³-hybridized carbons (Fsp3) is 0. The number of fused-ring (bicyclic) bond motifs is 4. The molecule has 0 spiro atoms. The van der Waals surface area contributed by atoms with Crippen molar-refractivity contribution < 1.29 is 0 Å². The van der Waals surface area contributed by atoms with Gasteiger partial charge in [0, 0.05) is 17.8 Å². The van der Waals surface area contributed by atoms with Gasteiger partial charge < -0.3 is 0 Å². The highest BCUT2D eigenvalue weighted by Gasteiger charge is 2.11. The third-order valence-corrected chi connectivity index (χ3v) is 4.20. The molecule has 3 heterocycles. The van der Waals surface area contributed by atoms with Crippen LogP contribution in [0.5, 0.6) is 0 Å². The Balaban J connectivity index is 1.88. The van der Waals surface area contributed by atoms with Crippen molar-refractivity contribution in [2.24, 2.45) is 0 Å². The third kappa shape index (κ3) is 1.70. The Bertz CT molecular complexity index is 1280. The molecule has 0 radical (unpaired) electrons. The lowest BCUT2D eigenvalue weighted by Crippen LogP contribution is -2.19. The van der Waals surface area contributed by atoms with E-state index in [0.29, 0.717) is 16.7 Å². The maximum atomic E-state index is 13.0. The topological polar surface area (TPSA) is 65.1 Å². The number of nitrogens with zero attached hydrogens (tertiary/aromatic N) is 5. The smallest absolute Gasteiger partial charge is 0.266 e. The molecule has 0 aliphatic rings. The van der Waals surface area contributed by atoms with E-state index >= 15 is 0 Å². The van der Waals surface area contributed by atoms with E-state index in [1.54, 1.807) is 21.5 Å². The summed E-state index contributed by atoms with van der Waals surface area (Å²) in [6, 6.07) is 15.8. The maximum Gasteiger partial charge on any atom is 0.266 e. The number of aromatic nitrogens is 5. The first-order valence-corrected chi connectivity index (χ1v) is 7.51. The molecular formula is C18H11N5O. The van der Waals surface area contributed by atoms with Gasteiger partial charge in [0.15, 0.2) is 0 Å². The van der Waals surface area contributed by atoms with Crippen molar-refractivity contribution in [3.63, 3.8) is 0 Å². The SMILES string of the molecule is O=c1c2cnc3ncnn3c2ccn1-c1cccc2ccccc12. The second-order valence-electron chi connectivity index (χ2n) is 5.52. The van der Waals surface area contributed by atoms with Crippen LogP contribution in [0.4, 0.5) is 0 Å². The van der Waals surface area contributed by atoms with Gasteiger partial charge in [0.05, 0.1) is 16.6 Å². The van der Waals surface area contributed by atoms with Crippen molar-refractivity contribution in [2.75, 3.05) is 0 Å². The molecule has 0 bridgehead atoms. The molecule has 0 N–H and O–H groups in total. The van der Waals surface area contributed by atoms with Gasteiger partial charge in [0.2, 0.25) is 0 Å². The third-order valence-electron chi connectivity index (χ3n) is 4.20. The molecule has 24 heavy (non-hydrogen) atoms. The molecule has 0 atom stereocenters. The fourth-order valence-electron chi connectivity index (χ4n) is 3.07. The van der Waals surface area contributed by atoms with Gasteiger partial charge in [-0.1, -0.05) is 36.4 Å². The van der Waals surface area contributed by atoms with Crippen LogP contribution in [0.25, 0.3) is 33.1 Å². The number of hydrogen-bond acceptors (Lipinski definition) is 4. The van der Waals surface area contributed by atoms with Crippen LogP contribution < -0.4 is 5.56 Å². The zero-order valence-electron chi connectivity index (χ0n) is 12.5. The first kappa shape index (κ1) is 13.0. The van der Waals surface area contributed by atoms with E-state index in [1.165, 1.54) is 6.33 Å². The van der Waals surface area contributed by atoms with Gasteiger partial charge in [0.1, 0.15) is 6.33 Å². The van der Waals surface area contributed by atoms with Gasteiger partial charge in [-0.3, -0.25) is 9.36 Å². The molecule has 114 valence electrons. The average molecular weight is 313 g/mol. The lowest BCUT2D eigenvalue weighted by Gasteiger charge is -2.10. The standard InChI is InChI=1S/C18H11N5O/c24-17-14-10-19-18-20-11-21-23(18)16(14)8-9-22(17)15-7-3-5-12-4-1-2-6-13(12)15/h1-11H. The normalized spacial score (nSPS) is 11.5. The summed E-state index contributed by atoms with van der Waals surface area (Å²) in [6.45, 7) is 0. The molecule has 5 rings (SSSR count). The molecule has 2 aromatic carbocycles. The highest BCUT2D eigenvalue weighted by Crippen LogP contribution is 2.21. The average Bonchev–Trinajstić information content (AvgIpc) is 3.11. The summed E-state index contributed by atoms with van der Waals surface area (Å²) >= 11 is 0. The molecule has 5 aromatic rings. The molecule has 3 aromatic heterocycles. The summed E-state index contributed by atoms with van der Waals surface area (Å²) < 4.78 is 3.22. The highest BCUT2D eigenvalue weighted by atomic mass is 16.1. The summed E-state index contributed by atoms with van der Waals surface area (Å²) in [6.07, 6.45) is 4.76. The van der Waals surface area contributed by atoms with E-state index in [2.05, 4.69) is 15.1 Å². The zero-order valence-corrected chi connectivity index (χ0v) is 12.5. The van der Waals surface area contributed by atoms with Gasteiger partial charge >= 0.3 is 0 Å². The van der Waals surface area contributed by atoms with E-state index in [4.69, 9.17) is 0 Å². The summed E-state index contributed by atoms with van der Waals surface area (Å²) in [5.41, 5.74) is 1.41. The Morgan fingerprint density at radius 2 is 1.75 bits per heavy atom. The van der Waals surface area contributed by atoms with Crippen LogP contribution in [0.3, 0.4) is 0 Å². The number of pyridine rings is 1. The van der Waals surface area contributed by atoms with E-state index in [0.717, 1.165) is 16.5 Å². The Morgan fingerprint density at radius 1 is 0.875 bits per heavy atom. The van der Waals surface area contributed by atoms with Crippen molar-refractivity contribution in [3.05, 3.63) is 77.6 Å². The Morgan fingerprint density at radius 3 is 2.71 bits per heavy atom. The van der Waals surface area contributed by atoms with Gasteiger partial charge in [-0.25, -0.2) is 4.98 Å². The minimum atomic E-state index is -0.131. The molecule has 0 aliphatic heterocycles. The largest absolute Gasteiger partial charge is 0.283 e. The monoisotopic (exact) mass is 313 g/mol. The van der Waals surface area contributed by atoms with Crippen LogP contribution in [-0.2, 0) is 0 Å². The van der Waals surface area contributed by atoms with E-state index in [9.17, 15) is 4.79 Å². The Labute approximate surface area is 135 Å². The predicted molar refractivity (Wildman–Crippen MR) is 91.4 cm³/mol. The molecule has 0 saturated heterocycles. The molecule has 0 aliphatic carbocycles. The fourth-order valence-corrected chi connectivity index (χ4v) is 3.07. The lowest BCUT2D eigenvalue weighted by molar-refractivity contribution is 0.961. The molecule has 6 heteroatoms. The van der Waals surface area contributed by atoms with Crippen LogP contribution in [0.15, 0.2) is 72.0 Å². The maximum absolute atomic E-state index is 13.0. The Hall–Kier alpha value is -3.54. The Kier molecular flexibility index (Phi) is 2.55. The van der Waals surface area contributed by atoms with E-state index in [1.807, 2.05) is 48.5 Å². The first-order chi connectivity index (χ1) is 11.8. The van der Waals surface area contributed by atoms with Crippen LogP contribution >= 0.6 is 0 Å². The molecule has 0 amide bonds. The van der Waals surface area contributed by atoms with E-state index in [-0.39, 0.29) is 5.56 Å². The zero-order chi connectivity index (χ0) is 16.1. The van der Waals surface area contributed by atoms with Crippen LogP contribution in [0, 0.1) is 0 Å². The highest BCUT2D eigenvalue weighted by molar-refractivity contribution is 5.90. The first-order valence-electron chi connectivity index (χ1n) is 7.51. The minimum Gasteiger partial charge on any atom is -0.283 e. The van der Waals surface area contributed by atoms with Crippen LogP contribution in [0.2, 0.25) is 0 Å². The molecule has 0 unspecified atom stereocenters. The lowest BCUT2D eigenvalue weighted by atomic mass is 10.1. The summed E-state index contributed by atoms with van der Waals surface area (Å²) in [5.74, 6) is 0.477. The number of rotatable bonds is 1. The summed E-state index contributed by atoms with van der Waals surface area (Å²) in [4.78, 5) is 21.3. The number of benzene rings is 2. The van der Waals surface area contributed by atoms with Gasteiger partial charge in [0.25, 0.3) is 11.3 Å². The van der Waals surface area contributed by atoms with Gasteiger partial charge in [-0.05, 0) is 17.5 Å². The quantitative estimate of drug-likeness (QED) is 0.477. The van der Waals surface area contributed by atoms with E-state index < -0.39 is 0 Å². The van der Waals surface area contributed by atoms with Gasteiger partial charge in [-0.15, -0.1) is 0 Å². The second-order valence-corrected chi connectivity index (χ2v) is 5.52. The van der Waals surface area contributed by atoms with Gasteiger partial charge in [-0.2, -0.15) is 14.6 Å². The van der Waals surface area contributed by atoms with Crippen molar-refractivity contribution in [1.82, 2.24) is 24.1 Å². The number of hydrogen-bond donors (Lipinski definition) is 0. The predicted octanol–water partition coefficient (Wildman–Crippen LogP) is 2.58. The molecule has 0 fully saturated rings. The van der Waals surface area contributed by atoms with Crippen molar-refractivity contribution in [3.8, 4) is 5.69 Å². The molecule has 0 saturated carbocycles. The molecular weight excluding hydrogens is 302 g/mol. The molecule has 6 nitrogen and oxygen atoms in total. The van der Waals surface area contributed by atoms with Crippen LogP contribution in [0.1, 0.15) is 0 Å².